The average molecular weight is 441 g/mol. The Kier molecular flexibility index (Phi) is 10.9. The van der Waals surface area contributed by atoms with Gasteiger partial charge >= 0.3 is 0 Å². The number of unbranched alkanes of at least 4 members (excludes halogenated alkanes) is 1. The lowest BCUT2D eigenvalue weighted by molar-refractivity contribution is -0.142. The molecule has 1 aliphatic rings. The molecule has 31 heavy (non-hydrogen) atoms. The molecule has 0 spiro atoms. The van der Waals surface area contributed by atoms with Gasteiger partial charge in [-0.05, 0) is 44.6 Å². The molecule has 0 radical (unpaired) electrons. The Bertz CT molecular complexity index is 668. The lowest BCUT2D eigenvalue weighted by atomic mass is 10.0. The maximum Gasteiger partial charge on any atom is 0.245 e. The van der Waals surface area contributed by atoms with Crippen LogP contribution in [0, 0.1) is 5.92 Å². The summed E-state index contributed by atoms with van der Waals surface area (Å²) in [5, 5.41) is 7.69. The van der Waals surface area contributed by atoms with E-state index in [0.717, 1.165) is 0 Å². The van der Waals surface area contributed by atoms with E-state index in [4.69, 9.17) is 11.5 Å². The number of likely N-dealkylation sites (tertiary alicyclic amines) is 1. The van der Waals surface area contributed by atoms with Crippen LogP contribution in [0.1, 0.15) is 52.9 Å². The van der Waals surface area contributed by atoms with Crippen molar-refractivity contribution in [3.63, 3.8) is 0 Å². The van der Waals surface area contributed by atoms with Gasteiger partial charge in [-0.1, -0.05) is 13.8 Å². The highest BCUT2D eigenvalue weighted by atomic mass is 16.2. The second-order valence-corrected chi connectivity index (χ2v) is 8.14. The molecule has 1 saturated heterocycles. The fourth-order valence-corrected chi connectivity index (χ4v) is 3.52. The molecule has 1 heterocycles. The predicted molar refractivity (Wildman–Crippen MR) is 114 cm³/mol. The van der Waals surface area contributed by atoms with E-state index in [9.17, 15) is 24.0 Å². The Morgan fingerprint density at radius 1 is 1.10 bits per heavy atom. The predicted octanol–water partition coefficient (Wildman–Crippen LogP) is -1.65. The summed E-state index contributed by atoms with van der Waals surface area (Å²) in [5.74, 6) is -2.48. The zero-order valence-corrected chi connectivity index (χ0v) is 18.6. The van der Waals surface area contributed by atoms with Crippen molar-refractivity contribution >= 4 is 29.5 Å². The number of hydrogen-bond donors (Lipinski definition) is 5. The van der Waals surface area contributed by atoms with Gasteiger partial charge in [0.25, 0.3) is 0 Å². The first-order valence-electron chi connectivity index (χ1n) is 10.7. The molecule has 0 aromatic heterocycles. The van der Waals surface area contributed by atoms with Crippen LogP contribution in [0.2, 0.25) is 0 Å². The lowest BCUT2D eigenvalue weighted by Crippen LogP contribution is -2.57. The maximum atomic E-state index is 13.2. The third-order valence-electron chi connectivity index (χ3n) is 5.19. The van der Waals surface area contributed by atoms with Crippen molar-refractivity contribution in [2.24, 2.45) is 17.4 Å². The normalized spacial score (nSPS) is 17.7. The van der Waals surface area contributed by atoms with Crippen molar-refractivity contribution in [1.82, 2.24) is 20.9 Å². The van der Waals surface area contributed by atoms with Crippen LogP contribution >= 0.6 is 0 Å². The number of nitrogens with two attached hydrogens (primary N) is 2. The number of carbonyl (C=O) groups excluding carboxylic acids is 5. The SMILES string of the molecule is CC(=O)NCC(=O)N[C@@H](CCCCN)C(=O)N1CCC[C@H]1C(=O)N[C@H](C(N)=O)C(C)C. The molecule has 0 unspecified atom stereocenters. The fourth-order valence-electron chi connectivity index (χ4n) is 3.52. The van der Waals surface area contributed by atoms with Crippen molar-refractivity contribution in [3.05, 3.63) is 0 Å². The second-order valence-electron chi connectivity index (χ2n) is 8.14. The van der Waals surface area contributed by atoms with Gasteiger partial charge in [-0.3, -0.25) is 24.0 Å². The first-order chi connectivity index (χ1) is 14.6. The molecule has 3 atom stereocenters. The van der Waals surface area contributed by atoms with E-state index < -0.39 is 35.8 Å². The summed E-state index contributed by atoms with van der Waals surface area (Å²) in [7, 11) is 0. The van der Waals surface area contributed by atoms with Gasteiger partial charge in [0.15, 0.2) is 0 Å². The van der Waals surface area contributed by atoms with Crippen molar-refractivity contribution < 1.29 is 24.0 Å². The van der Waals surface area contributed by atoms with Crippen LogP contribution in [-0.4, -0.2) is 72.2 Å². The molecule has 11 nitrogen and oxygen atoms in total. The molecule has 0 aliphatic carbocycles. The van der Waals surface area contributed by atoms with Crippen LogP contribution in [-0.2, 0) is 24.0 Å². The highest BCUT2D eigenvalue weighted by molar-refractivity contribution is 5.95. The number of rotatable bonds is 12. The minimum atomic E-state index is -0.835. The van der Waals surface area contributed by atoms with E-state index in [-0.39, 0.29) is 24.3 Å². The maximum absolute atomic E-state index is 13.2. The summed E-state index contributed by atoms with van der Waals surface area (Å²) in [6.07, 6.45) is 2.75. The molecule has 7 N–H and O–H groups in total. The van der Waals surface area contributed by atoms with Crippen LogP contribution in [0.4, 0.5) is 0 Å². The molecule has 5 amide bonds. The lowest BCUT2D eigenvalue weighted by Gasteiger charge is -2.30. The minimum absolute atomic E-state index is 0.191. The van der Waals surface area contributed by atoms with Crippen LogP contribution in [0.25, 0.3) is 0 Å². The van der Waals surface area contributed by atoms with Crippen LogP contribution in [0.5, 0.6) is 0 Å². The van der Waals surface area contributed by atoms with E-state index in [0.29, 0.717) is 45.2 Å². The molecule has 176 valence electrons. The Balaban J connectivity index is 2.89. The fraction of sp³-hybridized carbons (Fsp3) is 0.750. The van der Waals surface area contributed by atoms with E-state index >= 15 is 0 Å². The second kappa shape index (κ2) is 12.9. The monoisotopic (exact) mass is 440 g/mol. The summed E-state index contributed by atoms with van der Waals surface area (Å²) < 4.78 is 0. The molecule has 0 aromatic rings. The Morgan fingerprint density at radius 2 is 1.77 bits per heavy atom. The molecule has 11 heteroatoms. The molecule has 0 bridgehead atoms. The number of amides is 5. The standard InChI is InChI=1S/C20H36N6O5/c1-12(2)17(18(22)29)25-19(30)15-8-6-10-26(15)20(31)14(7-4-5-9-21)24-16(28)11-23-13(3)27/h12,14-15,17H,4-11,21H2,1-3H3,(H2,22,29)(H,23,27)(H,24,28)(H,25,30)/t14-,15-,17-/m0/s1. The van der Waals surface area contributed by atoms with Gasteiger partial charge < -0.3 is 32.3 Å². The van der Waals surface area contributed by atoms with Crippen LogP contribution in [0.3, 0.4) is 0 Å². The van der Waals surface area contributed by atoms with E-state index in [1.54, 1.807) is 13.8 Å². The van der Waals surface area contributed by atoms with Crippen molar-refractivity contribution in [2.45, 2.75) is 71.0 Å². The zero-order valence-electron chi connectivity index (χ0n) is 18.6. The summed E-state index contributed by atoms with van der Waals surface area (Å²) in [5.41, 5.74) is 10.9. The summed E-state index contributed by atoms with van der Waals surface area (Å²) >= 11 is 0. The minimum Gasteiger partial charge on any atom is -0.368 e. The highest BCUT2D eigenvalue weighted by Gasteiger charge is 2.38. The Labute approximate surface area is 183 Å². The summed E-state index contributed by atoms with van der Waals surface area (Å²) in [6, 6.07) is -2.40. The first-order valence-corrected chi connectivity index (χ1v) is 10.7. The number of nitrogens with one attached hydrogen (secondary N) is 3. The Hall–Kier alpha value is -2.69. The quantitative estimate of drug-likeness (QED) is 0.227. The molecule has 1 rings (SSSR count). The molecule has 0 aromatic carbocycles. The molecular formula is C20H36N6O5. The van der Waals surface area contributed by atoms with Crippen LogP contribution in [0.15, 0.2) is 0 Å². The van der Waals surface area contributed by atoms with Gasteiger partial charge in [0.1, 0.15) is 18.1 Å². The Morgan fingerprint density at radius 3 is 2.32 bits per heavy atom. The van der Waals surface area contributed by atoms with Gasteiger partial charge in [0.2, 0.25) is 29.5 Å². The van der Waals surface area contributed by atoms with E-state index in [2.05, 4.69) is 16.0 Å². The molecule has 1 aliphatic heterocycles. The third-order valence-corrected chi connectivity index (χ3v) is 5.19. The first kappa shape index (κ1) is 26.3. The highest BCUT2D eigenvalue weighted by Crippen LogP contribution is 2.20. The largest absolute Gasteiger partial charge is 0.368 e. The topological polar surface area (TPSA) is 177 Å². The van der Waals surface area contributed by atoms with Gasteiger partial charge in [0.05, 0.1) is 6.54 Å². The molecular weight excluding hydrogens is 404 g/mol. The van der Waals surface area contributed by atoms with Gasteiger partial charge in [0, 0.05) is 13.5 Å². The van der Waals surface area contributed by atoms with Crippen molar-refractivity contribution in [1.29, 1.82) is 0 Å². The van der Waals surface area contributed by atoms with E-state index in [1.165, 1.54) is 11.8 Å². The average Bonchev–Trinajstić information content (AvgIpc) is 3.18. The number of carbonyl (C=O) groups is 5. The van der Waals surface area contributed by atoms with Gasteiger partial charge in [-0.15, -0.1) is 0 Å². The summed E-state index contributed by atoms with van der Waals surface area (Å²) in [6.45, 7) is 5.42. The van der Waals surface area contributed by atoms with Crippen molar-refractivity contribution in [2.75, 3.05) is 19.6 Å². The third kappa shape index (κ3) is 8.52. The van der Waals surface area contributed by atoms with Gasteiger partial charge in [-0.25, -0.2) is 0 Å². The zero-order chi connectivity index (χ0) is 23.6. The summed E-state index contributed by atoms with van der Waals surface area (Å²) in [4.78, 5) is 62.3. The van der Waals surface area contributed by atoms with Crippen molar-refractivity contribution in [3.8, 4) is 0 Å². The number of hydrogen-bond acceptors (Lipinski definition) is 6. The number of primary amides is 1. The van der Waals surface area contributed by atoms with E-state index in [1.807, 2.05) is 0 Å². The number of nitrogens with zero attached hydrogens (tertiary/aromatic N) is 1. The van der Waals surface area contributed by atoms with Gasteiger partial charge in [-0.2, -0.15) is 0 Å². The molecule has 1 fully saturated rings. The van der Waals surface area contributed by atoms with Crippen LogP contribution < -0.4 is 27.4 Å². The smallest absolute Gasteiger partial charge is 0.245 e. The molecule has 0 saturated carbocycles.